The zero-order valence-corrected chi connectivity index (χ0v) is 15.0. The van der Waals surface area contributed by atoms with Crippen LogP contribution in [0.2, 0.25) is 0 Å². The highest BCUT2D eigenvalue weighted by atomic mass is 32.1. The lowest BCUT2D eigenvalue weighted by Crippen LogP contribution is -2.47. The molecule has 1 saturated heterocycles. The number of piperazine rings is 1. The number of hydrazone groups is 1. The number of rotatable bonds is 3. The number of hydrogen-bond acceptors (Lipinski definition) is 5. The van der Waals surface area contributed by atoms with Gasteiger partial charge >= 0.3 is 0 Å². The van der Waals surface area contributed by atoms with Crippen LogP contribution in [0.3, 0.4) is 0 Å². The van der Waals surface area contributed by atoms with Gasteiger partial charge in [-0.15, -0.1) is 12.6 Å². The first-order valence-corrected chi connectivity index (χ1v) is 8.56. The van der Waals surface area contributed by atoms with E-state index in [0.29, 0.717) is 0 Å². The Hall–Kier alpha value is -1.79. The Labute approximate surface area is 148 Å². The van der Waals surface area contributed by atoms with Crippen molar-refractivity contribution in [2.75, 3.05) is 26.2 Å². The normalized spacial score (nSPS) is 19.4. The van der Waals surface area contributed by atoms with Crippen molar-refractivity contribution < 1.29 is 4.39 Å². The fourth-order valence-electron chi connectivity index (χ4n) is 3.12. The molecule has 3 rings (SSSR count). The van der Waals surface area contributed by atoms with Crippen LogP contribution in [0.15, 0.2) is 46.2 Å². The van der Waals surface area contributed by atoms with Gasteiger partial charge in [-0.05, 0) is 37.1 Å². The van der Waals surface area contributed by atoms with Crippen LogP contribution in [0.5, 0.6) is 0 Å². The molecule has 0 bridgehead atoms. The first-order valence-electron chi connectivity index (χ1n) is 8.11. The second-order valence-electron chi connectivity index (χ2n) is 6.32. The molecule has 0 amide bonds. The summed E-state index contributed by atoms with van der Waals surface area (Å²) in [5.74, 6) is -0.172. The smallest absolute Gasteiger partial charge is 0.123 e. The second kappa shape index (κ2) is 6.99. The molecule has 0 aliphatic carbocycles. The van der Waals surface area contributed by atoms with Gasteiger partial charge < -0.3 is 4.90 Å². The third kappa shape index (κ3) is 3.49. The van der Waals surface area contributed by atoms with Gasteiger partial charge in [0.15, 0.2) is 0 Å². The molecule has 0 atom stereocenters. The highest BCUT2D eigenvalue weighted by Gasteiger charge is 2.25. The van der Waals surface area contributed by atoms with Crippen LogP contribution in [-0.2, 0) is 6.54 Å². The van der Waals surface area contributed by atoms with Crippen LogP contribution >= 0.6 is 12.6 Å². The van der Waals surface area contributed by atoms with Crippen molar-refractivity contribution in [3.8, 4) is 0 Å². The van der Waals surface area contributed by atoms with E-state index in [1.807, 2.05) is 19.9 Å². The number of halogens is 1. The molecule has 4 nitrogen and oxygen atoms in total. The van der Waals surface area contributed by atoms with Gasteiger partial charge in [-0.2, -0.15) is 5.10 Å². The lowest BCUT2D eigenvalue weighted by molar-refractivity contribution is 0.153. The van der Waals surface area contributed by atoms with E-state index in [2.05, 4.69) is 39.5 Å². The lowest BCUT2D eigenvalue weighted by Gasteiger charge is -2.39. The quantitative estimate of drug-likeness (QED) is 0.825. The van der Waals surface area contributed by atoms with E-state index in [1.54, 1.807) is 6.07 Å². The molecule has 2 aliphatic rings. The summed E-state index contributed by atoms with van der Waals surface area (Å²) >= 11 is 4.60. The molecular weight excluding hydrogens is 323 g/mol. The maximum absolute atomic E-state index is 13.2. The summed E-state index contributed by atoms with van der Waals surface area (Å²) in [7, 11) is 0. The zero-order valence-electron chi connectivity index (χ0n) is 14.1. The standard InChI is InChI=1S/C18H23FN4S/c1-12-10-16(19)5-4-15(12)11-22-6-8-23(9-7-22)17-13(2)20-21-14(3)18(17)24/h4-5,10,20,24H,2,6-9,11H2,1,3H3. The summed E-state index contributed by atoms with van der Waals surface area (Å²) in [6.07, 6.45) is 0. The Bertz CT molecular complexity index is 718. The molecule has 0 saturated carbocycles. The molecule has 1 N–H and O–H groups in total. The van der Waals surface area contributed by atoms with Gasteiger partial charge in [0.25, 0.3) is 0 Å². The number of hydrogen-bond donors (Lipinski definition) is 2. The van der Waals surface area contributed by atoms with Crippen molar-refractivity contribution >= 4 is 18.3 Å². The van der Waals surface area contributed by atoms with Crippen LogP contribution in [0.25, 0.3) is 0 Å². The molecule has 6 heteroatoms. The Balaban J connectivity index is 1.65. The highest BCUT2D eigenvalue weighted by molar-refractivity contribution is 7.85. The molecule has 1 fully saturated rings. The van der Waals surface area contributed by atoms with Gasteiger partial charge in [-0.25, -0.2) is 4.39 Å². The van der Waals surface area contributed by atoms with E-state index in [1.165, 1.54) is 11.6 Å². The molecule has 2 aliphatic heterocycles. The van der Waals surface area contributed by atoms with Crippen molar-refractivity contribution in [2.24, 2.45) is 5.10 Å². The maximum atomic E-state index is 13.2. The van der Waals surface area contributed by atoms with E-state index in [9.17, 15) is 4.39 Å². The van der Waals surface area contributed by atoms with Crippen LogP contribution < -0.4 is 5.43 Å². The topological polar surface area (TPSA) is 30.9 Å². The summed E-state index contributed by atoms with van der Waals surface area (Å²) in [4.78, 5) is 5.60. The number of nitrogens with zero attached hydrogens (tertiary/aromatic N) is 3. The minimum absolute atomic E-state index is 0.172. The Kier molecular flexibility index (Phi) is 4.96. The first kappa shape index (κ1) is 17.0. The summed E-state index contributed by atoms with van der Waals surface area (Å²) < 4.78 is 13.2. The molecule has 24 heavy (non-hydrogen) atoms. The average molecular weight is 346 g/mol. The van der Waals surface area contributed by atoms with E-state index in [4.69, 9.17) is 0 Å². The van der Waals surface area contributed by atoms with Crippen LogP contribution in [0.4, 0.5) is 4.39 Å². The fourth-order valence-corrected chi connectivity index (χ4v) is 3.45. The van der Waals surface area contributed by atoms with Gasteiger partial charge in [-0.3, -0.25) is 10.3 Å². The highest BCUT2D eigenvalue weighted by Crippen LogP contribution is 2.25. The monoisotopic (exact) mass is 346 g/mol. The predicted octanol–water partition coefficient (Wildman–Crippen LogP) is 2.89. The predicted molar refractivity (Wildman–Crippen MR) is 99.4 cm³/mol. The first-order chi connectivity index (χ1) is 11.5. The van der Waals surface area contributed by atoms with Crippen LogP contribution in [0.1, 0.15) is 18.1 Å². The third-order valence-electron chi connectivity index (χ3n) is 4.60. The second-order valence-corrected chi connectivity index (χ2v) is 6.77. The molecule has 1 aromatic rings. The maximum Gasteiger partial charge on any atom is 0.123 e. The van der Waals surface area contributed by atoms with Gasteiger partial charge in [0.05, 0.1) is 22.0 Å². The largest absolute Gasteiger partial charge is 0.366 e. The Morgan fingerprint density at radius 3 is 2.62 bits per heavy atom. The molecule has 0 radical (unpaired) electrons. The average Bonchev–Trinajstić information content (AvgIpc) is 2.55. The number of thiol groups is 1. The van der Waals surface area contributed by atoms with Crippen molar-refractivity contribution in [3.63, 3.8) is 0 Å². The van der Waals surface area contributed by atoms with E-state index in [-0.39, 0.29) is 5.82 Å². The zero-order chi connectivity index (χ0) is 17.3. The van der Waals surface area contributed by atoms with Gasteiger partial charge in [0, 0.05) is 32.7 Å². The minimum atomic E-state index is -0.172. The molecule has 2 heterocycles. The molecule has 0 aromatic heterocycles. The molecule has 1 aromatic carbocycles. The summed E-state index contributed by atoms with van der Waals surface area (Å²) in [5, 5.41) is 4.19. The molecule has 0 spiro atoms. The van der Waals surface area contributed by atoms with Crippen molar-refractivity contribution in [2.45, 2.75) is 20.4 Å². The number of aryl methyl sites for hydroxylation is 1. The fraction of sp³-hybridized carbons (Fsp3) is 0.389. The van der Waals surface area contributed by atoms with Crippen LogP contribution in [-0.4, -0.2) is 41.7 Å². The molecular formula is C18H23FN4S. The third-order valence-corrected chi connectivity index (χ3v) is 5.13. The van der Waals surface area contributed by atoms with Gasteiger partial charge in [0.1, 0.15) is 5.82 Å². The van der Waals surface area contributed by atoms with E-state index < -0.39 is 0 Å². The summed E-state index contributed by atoms with van der Waals surface area (Å²) in [6.45, 7) is 12.5. The number of benzene rings is 1. The number of nitrogens with one attached hydrogen (secondary N) is 1. The SMILES string of the molecule is C=C1NN=C(C)C(S)=C1N1CCN(Cc2ccc(F)cc2C)CC1. The van der Waals surface area contributed by atoms with Gasteiger partial charge in [0.2, 0.25) is 0 Å². The van der Waals surface area contributed by atoms with E-state index in [0.717, 1.165) is 60.3 Å². The summed E-state index contributed by atoms with van der Waals surface area (Å²) in [6, 6.07) is 5.03. The number of allylic oxidation sites excluding steroid dienone is 1. The van der Waals surface area contributed by atoms with Crippen molar-refractivity contribution in [1.82, 2.24) is 15.2 Å². The van der Waals surface area contributed by atoms with E-state index >= 15 is 0 Å². The lowest BCUT2D eigenvalue weighted by atomic mass is 10.1. The molecule has 0 unspecified atom stereocenters. The summed E-state index contributed by atoms with van der Waals surface area (Å²) in [5.41, 5.74) is 7.89. The van der Waals surface area contributed by atoms with Crippen molar-refractivity contribution in [1.29, 1.82) is 0 Å². The minimum Gasteiger partial charge on any atom is -0.366 e. The van der Waals surface area contributed by atoms with Crippen LogP contribution in [0, 0.1) is 12.7 Å². The van der Waals surface area contributed by atoms with Crippen molar-refractivity contribution in [3.05, 3.63) is 58.0 Å². The Morgan fingerprint density at radius 2 is 1.96 bits per heavy atom. The molecule has 128 valence electrons. The van der Waals surface area contributed by atoms with Gasteiger partial charge in [-0.1, -0.05) is 12.6 Å². The Morgan fingerprint density at radius 1 is 1.25 bits per heavy atom.